The Morgan fingerprint density at radius 1 is 1.02 bits per heavy atom. The molecule has 0 radical (unpaired) electrons. The van der Waals surface area contributed by atoms with Gasteiger partial charge in [-0.3, -0.25) is 14.1 Å². The Kier molecular flexibility index (Phi) is 7.08. The lowest BCUT2D eigenvalue weighted by Crippen LogP contribution is -2.25. The van der Waals surface area contributed by atoms with Crippen molar-refractivity contribution in [3.05, 3.63) is 90.1 Å². The molecule has 0 bridgehead atoms. The molecule has 3 heterocycles. The van der Waals surface area contributed by atoms with Crippen LogP contribution in [0.3, 0.4) is 0 Å². The topological polar surface area (TPSA) is 118 Å². The highest BCUT2D eigenvalue weighted by Crippen LogP contribution is 2.44. The summed E-state index contributed by atoms with van der Waals surface area (Å²) in [5.74, 6) is -0.793. The quantitative estimate of drug-likeness (QED) is 0.216. The van der Waals surface area contributed by atoms with Crippen LogP contribution in [-0.4, -0.2) is 51.8 Å². The Labute approximate surface area is 251 Å². The Morgan fingerprint density at radius 3 is 2.43 bits per heavy atom. The van der Waals surface area contributed by atoms with Gasteiger partial charge in [-0.25, -0.2) is 17.2 Å². The van der Waals surface area contributed by atoms with Gasteiger partial charge < -0.3 is 19.5 Å². The monoisotopic (exact) mass is 616 g/mol. The van der Waals surface area contributed by atoms with Gasteiger partial charge in [0.1, 0.15) is 28.7 Å². The first kappa shape index (κ1) is 28.9. The van der Waals surface area contributed by atoms with E-state index in [9.17, 15) is 22.0 Å². The summed E-state index contributed by atoms with van der Waals surface area (Å²) < 4.78 is 66.7. The fraction of sp³-hybridized carbons (Fsp3) is 0.125. The van der Waals surface area contributed by atoms with Crippen LogP contribution in [0.5, 0.6) is 5.75 Å². The number of carbonyl (C=O) groups is 1. The Hall–Kier alpha value is -5.23. The van der Waals surface area contributed by atoms with Crippen LogP contribution in [0.1, 0.15) is 10.4 Å². The van der Waals surface area contributed by atoms with Crippen LogP contribution in [0.25, 0.3) is 55.7 Å². The van der Waals surface area contributed by atoms with Crippen molar-refractivity contribution >= 4 is 43.5 Å². The third kappa shape index (κ3) is 4.92. The first-order valence-corrected chi connectivity index (χ1v) is 15.2. The summed E-state index contributed by atoms with van der Waals surface area (Å²) in [7, 11) is 0.559. The molecule has 0 saturated carbocycles. The number of anilines is 1. The molecule has 0 aliphatic heterocycles. The number of methoxy groups -OCH3 is 1. The van der Waals surface area contributed by atoms with Crippen LogP contribution in [0, 0.1) is 11.6 Å². The Morgan fingerprint density at radius 2 is 1.77 bits per heavy atom. The molecule has 0 saturated heterocycles. The maximum absolute atomic E-state index is 14.5. The second-order valence-electron chi connectivity index (χ2n) is 10.1. The number of sulfonamides is 1. The number of furan rings is 1. The largest absolute Gasteiger partial charge is 0.494 e. The number of pyridine rings is 1. The van der Waals surface area contributed by atoms with Crippen LogP contribution in [0.15, 0.2) is 77.3 Å². The average Bonchev–Trinajstić information content (AvgIpc) is 3.62. The highest BCUT2D eigenvalue weighted by Gasteiger charge is 2.27. The van der Waals surface area contributed by atoms with E-state index in [1.165, 1.54) is 63.8 Å². The van der Waals surface area contributed by atoms with Gasteiger partial charge in [-0.05, 0) is 54.6 Å². The third-order valence-electron chi connectivity index (χ3n) is 7.47. The second kappa shape index (κ2) is 10.8. The molecule has 3 aromatic heterocycles. The van der Waals surface area contributed by atoms with Crippen LogP contribution in [-0.2, 0) is 10.0 Å². The first-order chi connectivity index (χ1) is 21.0. The van der Waals surface area contributed by atoms with Gasteiger partial charge >= 0.3 is 0 Å². The van der Waals surface area contributed by atoms with Gasteiger partial charge in [-0.1, -0.05) is 6.07 Å². The van der Waals surface area contributed by atoms with Gasteiger partial charge in [-0.15, -0.1) is 0 Å². The van der Waals surface area contributed by atoms with Crippen molar-refractivity contribution in [2.24, 2.45) is 0 Å². The molecule has 6 rings (SSSR count). The van der Waals surface area contributed by atoms with Gasteiger partial charge in [0.15, 0.2) is 0 Å². The van der Waals surface area contributed by atoms with Crippen molar-refractivity contribution in [2.45, 2.75) is 0 Å². The van der Waals surface area contributed by atoms with E-state index in [0.29, 0.717) is 50.1 Å². The van der Waals surface area contributed by atoms with Crippen LogP contribution < -0.4 is 14.4 Å². The zero-order chi connectivity index (χ0) is 31.3. The molecule has 6 aromatic rings. The van der Waals surface area contributed by atoms with E-state index in [1.807, 2.05) is 0 Å². The van der Waals surface area contributed by atoms with Crippen molar-refractivity contribution in [3.8, 4) is 39.6 Å². The molecule has 12 heteroatoms. The number of hydrogen-bond donors (Lipinski definition) is 2. The van der Waals surface area contributed by atoms with Crippen molar-refractivity contribution in [2.75, 3.05) is 31.8 Å². The number of benzene rings is 3. The zero-order valence-electron chi connectivity index (χ0n) is 24.0. The number of ether oxygens (including phenoxy) is 1. The van der Waals surface area contributed by atoms with Gasteiger partial charge in [0.05, 0.1) is 42.2 Å². The van der Waals surface area contributed by atoms with Crippen LogP contribution in [0.4, 0.5) is 14.5 Å². The van der Waals surface area contributed by atoms with E-state index in [1.54, 1.807) is 30.3 Å². The van der Waals surface area contributed by atoms with E-state index in [2.05, 4.69) is 15.3 Å². The summed E-state index contributed by atoms with van der Waals surface area (Å²) in [6, 6.07) is 16.7. The molecule has 0 atom stereocenters. The number of amides is 1. The number of rotatable bonds is 7. The lowest BCUT2D eigenvalue weighted by atomic mass is 9.97. The molecule has 0 fully saturated rings. The molecule has 3 aromatic carbocycles. The summed E-state index contributed by atoms with van der Waals surface area (Å²) in [5.41, 5.74) is 3.51. The molecule has 2 N–H and O–H groups in total. The van der Waals surface area contributed by atoms with E-state index in [0.717, 1.165) is 10.6 Å². The van der Waals surface area contributed by atoms with Crippen molar-refractivity contribution < 1.29 is 31.1 Å². The number of nitrogens with zero attached hydrogens (tertiary/aromatic N) is 2. The lowest BCUT2D eigenvalue weighted by Gasteiger charge is -2.22. The number of H-pyrrole nitrogens is 1. The standard InChI is InChI=1S/C32H26F2N4O5S/c1-35-32(39)30-22-12-19(20-13-25(36-16-29(20)42-3)26-14-21-23(34)6-5-7-24(21)37-26)27(38(2)44(4,40)41)15-28(22)43-31(30)17-8-10-18(33)11-9-17/h5-16,37H,1-4H3,(H,35,39). The number of carbonyl (C=O) groups excluding carboxylic acids is 1. The summed E-state index contributed by atoms with van der Waals surface area (Å²) >= 11 is 0. The van der Waals surface area contributed by atoms with E-state index < -0.39 is 21.7 Å². The molecule has 44 heavy (non-hydrogen) atoms. The number of aromatic amines is 1. The van der Waals surface area contributed by atoms with Gasteiger partial charge in [0, 0.05) is 53.1 Å². The van der Waals surface area contributed by atoms with E-state index in [-0.39, 0.29) is 28.4 Å². The summed E-state index contributed by atoms with van der Waals surface area (Å²) in [6.07, 6.45) is 2.55. The molecular weight excluding hydrogens is 590 g/mol. The summed E-state index contributed by atoms with van der Waals surface area (Å²) in [4.78, 5) is 20.9. The smallest absolute Gasteiger partial charge is 0.255 e. The predicted octanol–water partition coefficient (Wildman–Crippen LogP) is 6.35. The van der Waals surface area contributed by atoms with Crippen LogP contribution >= 0.6 is 0 Å². The maximum Gasteiger partial charge on any atom is 0.255 e. The minimum absolute atomic E-state index is 0.184. The normalized spacial score (nSPS) is 11.7. The number of aromatic nitrogens is 2. The molecule has 1 amide bonds. The average molecular weight is 617 g/mol. The lowest BCUT2D eigenvalue weighted by molar-refractivity contribution is 0.0964. The molecule has 0 spiro atoms. The second-order valence-corrected chi connectivity index (χ2v) is 12.2. The minimum atomic E-state index is -3.77. The van der Waals surface area contributed by atoms with E-state index in [4.69, 9.17) is 9.15 Å². The Balaban J connectivity index is 1.65. The Bertz CT molecular complexity index is 2190. The third-order valence-corrected chi connectivity index (χ3v) is 8.66. The van der Waals surface area contributed by atoms with Crippen molar-refractivity contribution in [1.82, 2.24) is 15.3 Å². The van der Waals surface area contributed by atoms with Crippen LogP contribution in [0.2, 0.25) is 0 Å². The SMILES string of the molecule is CNC(=O)c1c(-c2ccc(F)cc2)oc2cc(N(C)S(C)(=O)=O)c(-c3cc(-c4cc5c(F)cccc5[nH]4)ncc3OC)cc12. The summed E-state index contributed by atoms with van der Waals surface area (Å²) in [5, 5.41) is 3.40. The van der Waals surface area contributed by atoms with Gasteiger partial charge in [0.25, 0.3) is 5.91 Å². The summed E-state index contributed by atoms with van der Waals surface area (Å²) in [6.45, 7) is 0. The van der Waals surface area contributed by atoms with E-state index >= 15 is 0 Å². The highest BCUT2D eigenvalue weighted by atomic mass is 32.2. The zero-order valence-corrected chi connectivity index (χ0v) is 24.8. The highest BCUT2D eigenvalue weighted by molar-refractivity contribution is 7.92. The molecule has 0 aliphatic carbocycles. The maximum atomic E-state index is 14.5. The van der Waals surface area contributed by atoms with Gasteiger partial charge in [0.2, 0.25) is 10.0 Å². The number of nitrogens with one attached hydrogen (secondary N) is 2. The van der Waals surface area contributed by atoms with Gasteiger partial charge in [-0.2, -0.15) is 0 Å². The molecule has 224 valence electrons. The molecule has 0 aliphatic rings. The fourth-order valence-electron chi connectivity index (χ4n) is 5.16. The number of halogens is 2. The number of hydrogen-bond acceptors (Lipinski definition) is 6. The fourth-order valence-corrected chi connectivity index (χ4v) is 5.67. The minimum Gasteiger partial charge on any atom is -0.494 e. The predicted molar refractivity (Wildman–Crippen MR) is 165 cm³/mol. The number of fused-ring (bicyclic) bond motifs is 2. The molecule has 9 nitrogen and oxygen atoms in total. The first-order valence-electron chi connectivity index (χ1n) is 13.3. The van der Waals surface area contributed by atoms with Crippen molar-refractivity contribution in [1.29, 1.82) is 0 Å². The molecule has 0 unspecified atom stereocenters. The van der Waals surface area contributed by atoms with Crippen molar-refractivity contribution in [3.63, 3.8) is 0 Å². The molecular formula is C32H26F2N4O5S.